The molecule has 0 saturated carbocycles. The number of para-hydroxylation sites is 1. The molecule has 1 N–H and O–H groups in total. The number of benzene rings is 1. The zero-order chi connectivity index (χ0) is 12.5. The van der Waals surface area contributed by atoms with Crippen LogP contribution in [0.15, 0.2) is 24.3 Å². The van der Waals surface area contributed by atoms with Crippen molar-refractivity contribution < 1.29 is 9.53 Å². The number of Topliss-reactive ketones (excluding diaryl/α,β-unsaturated/α-hetero) is 1. The Balaban J connectivity index is 2.41. The molecule has 1 rings (SSSR count). The molecule has 0 amide bonds. The van der Waals surface area contributed by atoms with E-state index < -0.39 is 0 Å². The molecule has 0 aliphatic rings. The van der Waals surface area contributed by atoms with Crippen LogP contribution < -0.4 is 10.1 Å². The highest BCUT2D eigenvalue weighted by Gasteiger charge is 2.10. The molecule has 1 aromatic carbocycles. The molecule has 0 unspecified atom stereocenters. The average Bonchev–Trinajstić information content (AvgIpc) is 2.38. The van der Waals surface area contributed by atoms with Crippen LogP contribution in [0, 0.1) is 0 Å². The summed E-state index contributed by atoms with van der Waals surface area (Å²) >= 11 is 0. The lowest BCUT2D eigenvalue weighted by atomic mass is 10.1. The number of carbonyl (C=O) groups excluding carboxylic acids is 1. The first kappa shape index (κ1) is 13.7. The van der Waals surface area contributed by atoms with E-state index in [1.807, 2.05) is 18.2 Å². The summed E-state index contributed by atoms with van der Waals surface area (Å²) in [5.41, 5.74) is 0.651. The number of ether oxygens (including phenoxy) is 1. The topological polar surface area (TPSA) is 38.3 Å². The zero-order valence-corrected chi connectivity index (χ0v) is 10.7. The second-order valence-electron chi connectivity index (χ2n) is 4.01. The Kier molecular flexibility index (Phi) is 6.33. The van der Waals surface area contributed by atoms with Crippen LogP contribution in [-0.2, 0) is 0 Å². The summed E-state index contributed by atoms with van der Waals surface area (Å²) in [7, 11) is 1.58. The van der Waals surface area contributed by atoms with E-state index in [1.165, 1.54) is 12.8 Å². The summed E-state index contributed by atoms with van der Waals surface area (Å²) in [6.07, 6.45) is 3.52. The van der Waals surface area contributed by atoms with Crippen LogP contribution in [0.1, 0.15) is 36.5 Å². The van der Waals surface area contributed by atoms with E-state index in [0.29, 0.717) is 17.9 Å². The molecule has 0 radical (unpaired) electrons. The van der Waals surface area contributed by atoms with E-state index in [2.05, 4.69) is 12.2 Å². The fourth-order valence-corrected chi connectivity index (χ4v) is 1.67. The lowest BCUT2D eigenvalue weighted by molar-refractivity contribution is 0.0988. The minimum Gasteiger partial charge on any atom is -0.496 e. The van der Waals surface area contributed by atoms with Crippen molar-refractivity contribution in [2.75, 3.05) is 20.2 Å². The van der Waals surface area contributed by atoms with E-state index in [-0.39, 0.29) is 5.78 Å². The van der Waals surface area contributed by atoms with Crippen molar-refractivity contribution in [1.29, 1.82) is 0 Å². The van der Waals surface area contributed by atoms with Crippen LogP contribution in [0.3, 0.4) is 0 Å². The Morgan fingerprint density at radius 1 is 1.29 bits per heavy atom. The molecule has 1 aromatic rings. The Morgan fingerprint density at radius 3 is 2.76 bits per heavy atom. The van der Waals surface area contributed by atoms with Gasteiger partial charge in [-0.15, -0.1) is 0 Å². The highest BCUT2D eigenvalue weighted by molar-refractivity contribution is 6.00. The minimum atomic E-state index is 0.0824. The maximum absolute atomic E-state index is 11.9. The van der Waals surface area contributed by atoms with Gasteiger partial charge in [-0.25, -0.2) is 0 Å². The first-order valence-corrected chi connectivity index (χ1v) is 6.16. The Hall–Kier alpha value is -1.35. The predicted octanol–water partition coefficient (Wildman–Crippen LogP) is 2.66. The zero-order valence-electron chi connectivity index (χ0n) is 10.7. The van der Waals surface area contributed by atoms with Crippen molar-refractivity contribution in [1.82, 2.24) is 5.32 Å². The quantitative estimate of drug-likeness (QED) is 0.556. The number of unbranched alkanes of at least 4 members (excludes halogenated alkanes) is 2. The van der Waals surface area contributed by atoms with E-state index in [0.717, 1.165) is 13.0 Å². The summed E-state index contributed by atoms with van der Waals surface area (Å²) in [4.78, 5) is 11.9. The standard InChI is InChI=1S/C14H21NO2/c1-3-4-7-10-15-11-13(16)12-8-5-6-9-14(12)17-2/h5-6,8-9,15H,3-4,7,10-11H2,1-2H3. The maximum Gasteiger partial charge on any atom is 0.180 e. The molecule has 3 nitrogen and oxygen atoms in total. The molecule has 0 aliphatic heterocycles. The molecular weight excluding hydrogens is 214 g/mol. The van der Waals surface area contributed by atoms with Crippen molar-refractivity contribution in [3.05, 3.63) is 29.8 Å². The van der Waals surface area contributed by atoms with Crippen molar-refractivity contribution in [2.24, 2.45) is 0 Å². The Labute approximate surface area is 103 Å². The SMILES string of the molecule is CCCCCNCC(=O)c1ccccc1OC. The number of hydrogen-bond donors (Lipinski definition) is 1. The van der Waals surface area contributed by atoms with Gasteiger partial charge in [-0.3, -0.25) is 4.79 Å². The number of carbonyl (C=O) groups is 1. The van der Waals surface area contributed by atoms with Crippen LogP contribution in [0.4, 0.5) is 0 Å². The molecule has 0 fully saturated rings. The van der Waals surface area contributed by atoms with Crippen molar-refractivity contribution in [3.63, 3.8) is 0 Å². The van der Waals surface area contributed by atoms with Gasteiger partial charge in [0.2, 0.25) is 0 Å². The third-order valence-corrected chi connectivity index (χ3v) is 2.65. The highest BCUT2D eigenvalue weighted by atomic mass is 16.5. The second-order valence-corrected chi connectivity index (χ2v) is 4.01. The normalized spacial score (nSPS) is 10.2. The molecule has 0 atom stereocenters. The van der Waals surface area contributed by atoms with Gasteiger partial charge in [0.25, 0.3) is 0 Å². The van der Waals surface area contributed by atoms with Gasteiger partial charge in [0.1, 0.15) is 5.75 Å². The summed E-state index contributed by atoms with van der Waals surface area (Å²) < 4.78 is 5.16. The van der Waals surface area contributed by atoms with Crippen LogP contribution in [-0.4, -0.2) is 26.0 Å². The molecule has 0 bridgehead atoms. The first-order valence-electron chi connectivity index (χ1n) is 6.16. The van der Waals surface area contributed by atoms with Gasteiger partial charge < -0.3 is 10.1 Å². The fraction of sp³-hybridized carbons (Fsp3) is 0.500. The molecule has 0 spiro atoms. The van der Waals surface area contributed by atoms with Gasteiger partial charge in [0.05, 0.1) is 19.2 Å². The van der Waals surface area contributed by atoms with E-state index >= 15 is 0 Å². The lowest BCUT2D eigenvalue weighted by Gasteiger charge is -2.07. The minimum absolute atomic E-state index is 0.0824. The number of ketones is 1. The van der Waals surface area contributed by atoms with Gasteiger partial charge in [0.15, 0.2) is 5.78 Å². The van der Waals surface area contributed by atoms with E-state index in [9.17, 15) is 4.79 Å². The van der Waals surface area contributed by atoms with Gasteiger partial charge in [-0.2, -0.15) is 0 Å². The highest BCUT2D eigenvalue weighted by Crippen LogP contribution is 2.17. The number of nitrogens with one attached hydrogen (secondary N) is 1. The van der Waals surface area contributed by atoms with Crippen molar-refractivity contribution in [2.45, 2.75) is 26.2 Å². The van der Waals surface area contributed by atoms with Crippen LogP contribution in [0.25, 0.3) is 0 Å². The molecule has 0 heterocycles. The molecule has 94 valence electrons. The third-order valence-electron chi connectivity index (χ3n) is 2.65. The summed E-state index contributed by atoms with van der Waals surface area (Å²) in [5, 5.41) is 3.16. The summed E-state index contributed by atoms with van der Waals surface area (Å²) in [6, 6.07) is 7.33. The number of rotatable bonds is 8. The maximum atomic E-state index is 11.9. The Morgan fingerprint density at radius 2 is 2.06 bits per heavy atom. The predicted molar refractivity (Wildman–Crippen MR) is 69.7 cm³/mol. The van der Waals surface area contributed by atoms with Crippen LogP contribution in [0.2, 0.25) is 0 Å². The number of hydrogen-bond acceptors (Lipinski definition) is 3. The second kappa shape index (κ2) is 7.85. The molecule has 0 aliphatic carbocycles. The van der Waals surface area contributed by atoms with Gasteiger partial charge in [-0.05, 0) is 25.1 Å². The Bertz CT molecular complexity index is 350. The van der Waals surface area contributed by atoms with Crippen molar-refractivity contribution in [3.8, 4) is 5.75 Å². The number of methoxy groups -OCH3 is 1. The molecule has 0 aromatic heterocycles. The molecule has 0 saturated heterocycles. The van der Waals surface area contributed by atoms with Crippen LogP contribution in [0.5, 0.6) is 5.75 Å². The lowest BCUT2D eigenvalue weighted by Crippen LogP contribution is -2.24. The van der Waals surface area contributed by atoms with Gasteiger partial charge in [0, 0.05) is 0 Å². The van der Waals surface area contributed by atoms with Crippen molar-refractivity contribution >= 4 is 5.78 Å². The fourth-order valence-electron chi connectivity index (χ4n) is 1.67. The molecule has 17 heavy (non-hydrogen) atoms. The van der Waals surface area contributed by atoms with E-state index in [1.54, 1.807) is 13.2 Å². The summed E-state index contributed by atoms with van der Waals surface area (Å²) in [5.74, 6) is 0.729. The largest absolute Gasteiger partial charge is 0.496 e. The summed E-state index contributed by atoms with van der Waals surface area (Å²) in [6.45, 7) is 3.44. The molecular formula is C14H21NO2. The molecule has 3 heteroatoms. The van der Waals surface area contributed by atoms with Gasteiger partial charge in [-0.1, -0.05) is 31.9 Å². The third kappa shape index (κ3) is 4.57. The smallest absolute Gasteiger partial charge is 0.180 e. The monoisotopic (exact) mass is 235 g/mol. The first-order chi connectivity index (χ1) is 8.29. The van der Waals surface area contributed by atoms with Gasteiger partial charge >= 0.3 is 0 Å². The average molecular weight is 235 g/mol. The van der Waals surface area contributed by atoms with E-state index in [4.69, 9.17) is 4.74 Å². The van der Waals surface area contributed by atoms with Crippen LogP contribution >= 0.6 is 0 Å².